The fourth-order valence-electron chi connectivity index (χ4n) is 2.49. The van der Waals surface area contributed by atoms with E-state index in [2.05, 4.69) is 15.8 Å². The normalized spacial score (nSPS) is 19.8. The van der Waals surface area contributed by atoms with Crippen LogP contribution in [0.4, 0.5) is 0 Å². The molecule has 1 aliphatic heterocycles. The van der Waals surface area contributed by atoms with Crippen molar-refractivity contribution in [3.63, 3.8) is 0 Å². The van der Waals surface area contributed by atoms with Crippen LogP contribution in [0.15, 0.2) is 28.8 Å². The topological polar surface area (TPSA) is 96.6 Å². The molecule has 1 aliphatic rings. The Labute approximate surface area is 154 Å². The molecule has 1 aromatic carbocycles. The zero-order chi connectivity index (χ0) is 17.8. The molecule has 2 unspecified atom stereocenters. The molecule has 9 heteroatoms. The van der Waals surface area contributed by atoms with Gasteiger partial charge < -0.3 is 25.0 Å². The number of nitrogens with one attached hydrogen (secondary N) is 2. The summed E-state index contributed by atoms with van der Waals surface area (Å²) in [5.41, 5.74) is 0.143. The van der Waals surface area contributed by atoms with Gasteiger partial charge in [-0.2, -0.15) is 0 Å². The van der Waals surface area contributed by atoms with Gasteiger partial charge in [-0.15, -0.1) is 0 Å². The number of aliphatic hydroxyl groups is 1. The number of halogens is 2. The van der Waals surface area contributed by atoms with E-state index in [-0.39, 0.29) is 24.1 Å². The number of para-hydroxylation sites is 1. The number of carbonyl (C=O) groups excluding carboxylic acids is 1. The highest BCUT2D eigenvalue weighted by Gasteiger charge is 2.25. The lowest BCUT2D eigenvalue weighted by atomic mass is 10.1. The van der Waals surface area contributed by atoms with Crippen LogP contribution >= 0.6 is 23.2 Å². The highest BCUT2D eigenvalue weighted by atomic mass is 35.5. The van der Waals surface area contributed by atoms with Crippen molar-refractivity contribution in [1.29, 1.82) is 0 Å². The number of β-amino-alcohol motifs (C(OH)–C–C–N with tert-alkyl or cyclic N) is 1. The lowest BCUT2D eigenvalue weighted by Crippen LogP contribution is -2.34. The van der Waals surface area contributed by atoms with Crippen molar-refractivity contribution in [2.24, 2.45) is 5.92 Å². The average molecular weight is 386 g/mol. The predicted molar refractivity (Wildman–Crippen MR) is 92.0 cm³/mol. The Bertz CT molecular complexity index is 732. The first-order chi connectivity index (χ1) is 12.0. The molecule has 7 nitrogen and oxygen atoms in total. The van der Waals surface area contributed by atoms with Crippen LogP contribution in [0.3, 0.4) is 0 Å². The van der Waals surface area contributed by atoms with Crippen molar-refractivity contribution in [2.75, 3.05) is 19.6 Å². The summed E-state index contributed by atoms with van der Waals surface area (Å²) in [6.07, 6.45) is -0.457. The minimum Gasteiger partial charge on any atom is -0.482 e. The summed E-state index contributed by atoms with van der Waals surface area (Å²) in [5.74, 6) is 0.325. The minimum absolute atomic E-state index is 0.0129. The SMILES string of the molecule is O=C(NCC1CNCC1O)c1cc(COc2c(Cl)cccc2Cl)on1. The number of nitrogens with zero attached hydrogens (tertiary/aromatic N) is 1. The van der Waals surface area contributed by atoms with Crippen LogP contribution in [0, 0.1) is 5.92 Å². The van der Waals surface area contributed by atoms with E-state index in [9.17, 15) is 9.90 Å². The third-order valence-electron chi connectivity index (χ3n) is 3.90. The number of ether oxygens (including phenoxy) is 1. The smallest absolute Gasteiger partial charge is 0.273 e. The molecule has 3 rings (SSSR count). The highest BCUT2D eigenvalue weighted by molar-refractivity contribution is 6.37. The molecule has 2 heterocycles. The molecule has 0 spiro atoms. The van der Waals surface area contributed by atoms with Crippen LogP contribution in [0.1, 0.15) is 16.2 Å². The second-order valence-electron chi connectivity index (χ2n) is 5.71. The summed E-state index contributed by atoms with van der Waals surface area (Å²) < 4.78 is 10.6. The second kappa shape index (κ2) is 8.05. The Balaban J connectivity index is 1.54. The van der Waals surface area contributed by atoms with Crippen LogP contribution in [0.5, 0.6) is 5.75 Å². The summed E-state index contributed by atoms with van der Waals surface area (Å²) in [7, 11) is 0. The molecule has 1 saturated heterocycles. The minimum atomic E-state index is -0.457. The maximum Gasteiger partial charge on any atom is 0.273 e. The van der Waals surface area contributed by atoms with Gasteiger partial charge in [0, 0.05) is 31.6 Å². The monoisotopic (exact) mass is 385 g/mol. The van der Waals surface area contributed by atoms with Gasteiger partial charge in [0.1, 0.15) is 6.61 Å². The molecule has 0 radical (unpaired) electrons. The Morgan fingerprint density at radius 2 is 2.16 bits per heavy atom. The van der Waals surface area contributed by atoms with Gasteiger partial charge in [-0.05, 0) is 12.1 Å². The fourth-order valence-corrected chi connectivity index (χ4v) is 3.00. The van der Waals surface area contributed by atoms with Crippen molar-refractivity contribution in [3.05, 3.63) is 45.8 Å². The average Bonchev–Trinajstić information content (AvgIpc) is 3.21. The summed E-state index contributed by atoms with van der Waals surface area (Å²) in [5, 5.41) is 20.0. The Hall–Kier alpha value is -1.80. The molecular formula is C16H17Cl2N3O4. The number of aromatic nitrogens is 1. The van der Waals surface area contributed by atoms with Gasteiger partial charge in [-0.25, -0.2) is 0 Å². The van der Waals surface area contributed by atoms with Gasteiger partial charge in [0.25, 0.3) is 5.91 Å². The second-order valence-corrected chi connectivity index (χ2v) is 6.53. The van der Waals surface area contributed by atoms with Crippen molar-refractivity contribution < 1.29 is 19.2 Å². The number of amides is 1. The summed E-state index contributed by atoms with van der Waals surface area (Å²) >= 11 is 12.0. The van der Waals surface area contributed by atoms with E-state index in [1.165, 1.54) is 6.07 Å². The molecule has 134 valence electrons. The summed E-state index contributed by atoms with van der Waals surface area (Å²) in [6.45, 7) is 1.60. The van der Waals surface area contributed by atoms with Crippen molar-refractivity contribution >= 4 is 29.1 Å². The molecule has 0 aliphatic carbocycles. The summed E-state index contributed by atoms with van der Waals surface area (Å²) in [4.78, 5) is 12.1. The first kappa shape index (κ1) is 18.0. The van der Waals surface area contributed by atoms with E-state index in [0.29, 0.717) is 41.2 Å². The standard InChI is InChI=1S/C16H17Cl2N3O4/c17-11-2-1-3-12(18)15(11)24-8-10-4-13(21-25-10)16(23)20-6-9-5-19-7-14(9)22/h1-4,9,14,19,22H,5-8H2,(H,20,23). The molecule has 1 fully saturated rings. The van der Waals surface area contributed by atoms with Crippen molar-refractivity contribution in [2.45, 2.75) is 12.7 Å². The number of aliphatic hydroxyl groups excluding tert-OH is 1. The largest absolute Gasteiger partial charge is 0.482 e. The van der Waals surface area contributed by atoms with Gasteiger partial charge in [0.2, 0.25) is 0 Å². The molecule has 0 saturated carbocycles. The van der Waals surface area contributed by atoms with E-state index in [0.717, 1.165) is 0 Å². The van der Waals surface area contributed by atoms with E-state index in [4.69, 9.17) is 32.5 Å². The van der Waals surface area contributed by atoms with Crippen LogP contribution in [-0.4, -0.2) is 41.9 Å². The first-order valence-corrected chi connectivity index (χ1v) is 8.49. The van der Waals surface area contributed by atoms with Crippen LogP contribution in [0.2, 0.25) is 10.0 Å². The van der Waals surface area contributed by atoms with Crippen molar-refractivity contribution in [3.8, 4) is 5.75 Å². The third-order valence-corrected chi connectivity index (χ3v) is 4.49. The molecule has 2 atom stereocenters. The Kier molecular flexibility index (Phi) is 5.80. The third kappa shape index (κ3) is 4.43. The summed E-state index contributed by atoms with van der Waals surface area (Å²) in [6, 6.07) is 6.53. The lowest BCUT2D eigenvalue weighted by Gasteiger charge is -2.13. The van der Waals surface area contributed by atoms with Gasteiger partial charge >= 0.3 is 0 Å². The van der Waals surface area contributed by atoms with Gasteiger partial charge in [0.05, 0.1) is 16.1 Å². The molecule has 1 aromatic heterocycles. The van der Waals surface area contributed by atoms with Crippen LogP contribution in [-0.2, 0) is 6.61 Å². The van der Waals surface area contributed by atoms with Gasteiger partial charge in [0.15, 0.2) is 17.2 Å². The molecule has 1 amide bonds. The van der Waals surface area contributed by atoms with Crippen LogP contribution < -0.4 is 15.4 Å². The van der Waals surface area contributed by atoms with Gasteiger partial charge in [-0.1, -0.05) is 34.4 Å². The quantitative estimate of drug-likeness (QED) is 0.702. The number of benzene rings is 1. The molecule has 0 bridgehead atoms. The maximum atomic E-state index is 12.1. The zero-order valence-corrected chi connectivity index (χ0v) is 14.7. The number of hydrogen-bond acceptors (Lipinski definition) is 6. The highest BCUT2D eigenvalue weighted by Crippen LogP contribution is 2.32. The molecule has 2 aromatic rings. The van der Waals surface area contributed by atoms with Gasteiger partial charge in [-0.3, -0.25) is 4.79 Å². The predicted octanol–water partition coefficient (Wildman–Crippen LogP) is 1.87. The van der Waals surface area contributed by atoms with E-state index in [1.807, 2.05) is 0 Å². The number of hydrogen-bond donors (Lipinski definition) is 3. The first-order valence-electron chi connectivity index (χ1n) is 7.74. The Morgan fingerprint density at radius 3 is 2.84 bits per heavy atom. The van der Waals surface area contributed by atoms with Crippen LogP contribution in [0.25, 0.3) is 0 Å². The van der Waals surface area contributed by atoms with E-state index < -0.39 is 6.10 Å². The number of rotatable bonds is 6. The Morgan fingerprint density at radius 1 is 1.40 bits per heavy atom. The number of carbonyl (C=O) groups is 1. The van der Waals surface area contributed by atoms with Crippen molar-refractivity contribution in [1.82, 2.24) is 15.8 Å². The zero-order valence-electron chi connectivity index (χ0n) is 13.2. The van der Waals surface area contributed by atoms with E-state index in [1.54, 1.807) is 18.2 Å². The lowest BCUT2D eigenvalue weighted by molar-refractivity contribution is 0.0918. The fraction of sp³-hybridized carbons (Fsp3) is 0.375. The molecule has 3 N–H and O–H groups in total. The maximum absolute atomic E-state index is 12.1. The van der Waals surface area contributed by atoms with E-state index >= 15 is 0 Å². The molecular weight excluding hydrogens is 369 g/mol. The molecule has 25 heavy (non-hydrogen) atoms.